The molecule has 3 amide bonds. The van der Waals surface area contributed by atoms with Gasteiger partial charge in [-0.05, 0) is 80.5 Å². The molecule has 3 aliphatic rings. The van der Waals surface area contributed by atoms with Gasteiger partial charge in [0.1, 0.15) is 6.10 Å². The zero-order valence-corrected chi connectivity index (χ0v) is 30.8. The standard InChI is InChI=1S/C40H40F2N10O5/c41-28-7-1-5-25(32(28)42)26-10-11-31(57-40(56)50-21-14-24(15-22-50)52-30-9-4-18-45-36(30)48-39(52)55)34-27(6-2-16-43-34)33(26)46-37(53)49-19-12-23(13-20-49)51-29-8-3-17-44-35(29)47-38(51)54/h1-9,16-18,23-24,26,31,33H,10-15,19-22H2,(H,46,53)(H,44,47,54)(H,45,48,55)/t26-,31+,33-/m0/s1. The quantitative estimate of drug-likeness (QED) is 0.189. The van der Waals surface area contributed by atoms with Crippen molar-refractivity contribution in [1.82, 2.24) is 49.2 Å². The highest BCUT2D eigenvalue weighted by atomic mass is 19.2. The summed E-state index contributed by atoms with van der Waals surface area (Å²) in [5.41, 5.74) is 2.98. The predicted octanol–water partition coefficient (Wildman–Crippen LogP) is 5.62. The maximum Gasteiger partial charge on any atom is 0.410 e. The molecule has 3 N–H and O–H groups in total. The monoisotopic (exact) mass is 778 g/mol. The van der Waals surface area contributed by atoms with Gasteiger partial charge in [-0.15, -0.1) is 0 Å². The van der Waals surface area contributed by atoms with Gasteiger partial charge in [-0.1, -0.05) is 18.2 Å². The summed E-state index contributed by atoms with van der Waals surface area (Å²) in [4.78, 5) is 75.5. The van der Waals surface area contributed by atoms with Crippen LogP contribution in [0.15, 0.2) is 82.8 Å². The number of pyridine rings is 3. The number of fused-ring (bicyclic) bond motifs is 3. The Hall–Kier alpha value is -6.39. The van der Waals surface area contributed by atoms with E-state index in [1.807, 2.05) is 12.1 Å². The van der Waals surface area contributed by atoms with Gasteiger partial charge < -0.3 is 19.9 Å². The number of hydrogen-bond donors (Lipinski definition) is 3. The van der Waals surface area contributed by atoms with Crippen LogP contribution in [0, 0.1) is 11.6 Å². The van der Waals surface area contributed by atoms with E-state index in [9.17, 15) is 23.6 Å². The second-order valence-corrected chi connectivity index (χ2v) is 14.9. The molecule has 6 aromatic rings. The van der Waals surface area contributed by atoms with E-state index >= 15 is 4.39 Å². The van der Waals surface area contributed by atoms with Crippen LogP contribution >= 0.6 is 0 Å². The molecule has 3 atom stereocenters. The summed E-state index contributed by atoms with van der Waals surface area (Å²) >= 11 is 0. The molecule has 2 aliphatic heterocycles. The molecule has 1 aromatic carbocycles. The number of aromatic amines is 2. The van der Waals surface area contributed by atoms with E-state index in [2.05, 4.69) is 30.2 Å². The van der Waals surface area contributed by atoms with Gasteiger partial charge in [0.05, 0.1) is 22.8 Å². The Kier molecular flexibility index (Phi) is 9.50. The average molecular weight is 779 g/mol. The summed E-state index contributed by atoms with van der Waals surface area (Å²) < 4.78 is 39.9. The van der Waals surface area contributed by atoms with Gasteiger partial charge >= 0.3 is 23.5 Å². The van der Waals surface area contributed by atoms with Crippen LogP contribution < -0.4 is 16.7 Å². The number of aromatic nitrogens is 7. The fourth-order valence-corrected chi connectivity index (χ4v) is 8.94. The lowest BCUT2D eigenvalue weighted by molar-refractivity contribution is 0.0472. The summed E-state index contributed by atoms with van der Waals surface area (Å²) in [7, 11) is 0. The third-order valence-corrected chi connectivity index (χ3v) is 11.7. The van der Waals surface area contributed by atoms with Crippen molar-refractivity contribution < 1.29 is 23.1 Å². The van der Waals surface area contributed by atoms with Crippen LogP contribution in [0.4, 0.5) is 18.4 Å². The van der Waals surface area contributed by atoms with Crippen LogP contribution in [-0.2, 0) is 4.74 Å². The molecule has 294 valence electrons. The van der Waals surface area contributed by atoms with Gasteiger partial charge in [-0.25, -0.2) is 37.9 Å². The van der Waals surface area contributed by atoms with Gasteiger partial charge in [0, 0.05) is 68.3 Å². The lowest BCUT2D eigenvalue weighted by atomic mass is 9.85. The molecule has 7 heterocycles. The van der Waals surface area contributed by atoms with Crippen LogP contribution in [-0.4, -0.2) is 82.2 Å². The van der Waals surface area contributed by atoms with Crippen LogP contribution in [0.5, 0.6) is 0 Å². The molecule has 2 saturated heterocycles. The van der Waals surface area contributed by atoms with Crippen molar-refractivity contribution in [2.24, 2.45) is 0 Å². The van der Waals surface area contributed by atoms with E-state index in [0.717, 1.165) is 6.07 Å². The van der Waals surface area contributed by atoms with Crippen molar-refractivity contribution in [1.29, 1.82) is 0 Å². The smallest absolute Gasteiger partial charge is 0.410 e. The summed E-state index contributed by atoms with van der Waals surface area (Å²) in [6, 6.07) is 13.2. The number of amides is 3. The molecular weight excluding hydrogens is 739 g/mol. The third kappa shape index (κ3) is 6.69. The number of carbonyl (C=O) groups excluding carboxylic acids is 2. The number of hydrogen-bond acceptors (Lipinski definition) is 8. The second-order valence-electron chi connectivity index (χ2n) is 14.9. The first-order valence-electron chi connectivity index (χ1n) is 19.3. The molecule has 5 aromatic heterocycles. The number of nitrogens with zero attached hydrogens (tertiary/aromatic N) is 7. The minimum Gasteiger partial charge on any atom is -0.440 e. The van der Waals surface area contributed by atoms with Gasteiger partial charge in [0.25, 0.3) is 0 Å². The number of benzene rings is 1. The Labute approximate surface area is 323 Å². The Morgan fingerprint density at radius 2 is 1.25 bits per heavy atom. The summed E-state index contributed by atoms with van der Waals surface area (Å²) in [6.07, 6.45) is 5.98. The van der Waals surface area contributed by atoms with E-state index in [1.54, 1.807) is 61.8 Å². The minimum atomic E-state index is -1.00. The van der Waals surface area contributed by atoms with Crippen molar-refractivity contribution >= 4 is 34.5 Å². The second kappa shape index (κ2) is 14.9. The first-order chi connectivity index (χ1) is 27.7. The van der Waals surface area contributed by atoms with Crippen molar-refractivity contribution in [2.75, 3.05) is 26.2 Å². The van der Waals surface area contributed by atoms with Crippen LogP contribution in [0.2, 0.25) is 0 Å². The lowest BCUT2D eigenvalue weighted by Crippen LogP contribution is -2.47. The Morgan fingerprint density at radius 3 is 1.88 bits per heavy atom. The minimum absolute atomic E-state index is 0.0953. The fourth-order valence-electron chi connectivity index (χ4n) is 8.94. The van der Waals surface area contributed by atoms with E-state index < -0.39 is 41.8 Å². The maximum atomic E-state index is 15.6. The zero-order valence-electron chi connectivity index (χ0n) is 30.8. The highest BCUT2D eigenvalue weighted by molar-refractivity contribution is 5.75. The number of H-pyrrole nitrogens is 2. The van der Waals surface area contributed by atoms with Crippen molar-refractivity contribution in [2.45, 2.75) is 68.7 Å². The first-order valence-corrected chi connectivity index (χ1v) is 19.3. The molecule has 0 spiro atoms. The van der Waals surface area contributed by atoms with Gasteiger partial charge in [-0.3, -0.25) is 24.1 Å². The van der Waals surface area contributed by atoms with E-state index in [1.165, 1.54) is 12.1 Å². The molecule has 9 rings (SSSR count). The van der Waals surface area contributed by atoms with E-state index in [-0.39, 0.29) is 41.9 Å². The Bertz CT molecular complexity index is 2590. The molecule has 17 heteroatoms. The number of urea groups is 1. The SMILES string of the molecule is O=C(N[C@@H]1c2cccnc2[C@H](OC(=O)N2CCC(n3c(=O)[nH]c4ncccc43)CC2)CC[C@H]1c1cccc(F)c1F)N1CCC(n2c(=O)[nH]c3ncccc32)CC1. The van der Waals surface area contributed by atoms with Crippen LogP contribution in [0.1, 0.15) is 85.5 Å². The molecule has 2 fully saturated rings. The van der Waals surface area contributed by atoms with Gasteiger partial charge in [-0.2, -0.15) is 0 Å². The van der Waals surface area contributed by atoms with Crippen LogP contribution in [0.3, 0.4) is 0 Å². The van der Waals surface area contributed by atoms with E-state index in [4.69, 9.17) is 4.74 Å². The van der Waals surface area contributed by atoms with Crippen molar-refractivity contribution in [3.05, 3.63) is 123 Å². The van der Waals surface area contributed by atoms with Crippen molar-refractivity contribution in [3.63, 3.8) is 0 Å². The normalized spacial score (nSPS) is 20.7. The number of rotatable bonds is 5. The number of ether oxygens (including phenoxy) is 1. The summed E-state index contributed by atoms with van der Waals surface area (Å²) in [5.74, 6) is -2.74. The number of halogens is 2. The Morgan fingerprint density at radius 1 is 0.684 bits per heavy atom. The molecule has 1 aliphatic carbocycles. The molecule has 15 nitrogen and oxygen atoms in total. The lowest BCUT2D eigenvalue weighted by Gasteiger charge is -2.35. The largest absolute Gasteiger partial charge is 0.440 e. The average Bonchev–Trinajstić information content (AvgIpc) is 3.71. The third-order valence-electron chi connectivity index (χ3n) is 11.7. The van der Waals surface area contributed by atoms with Crippen molar-refractivity contribution in [3.8, 4) is 0 Å². The molecular formula is C40H40F2N10O5. The maximum absolute atomic E-state index is 15.6. The highest BCUT2D eigenvalue weighted by Crippen LogP contribution is 2.45. The summed E-state index contributed by atoms with van der Waals surface area (Å²) in [6.45, 7) is 1.40. The number of nitrogens with one attached hydrogen (secondary N) is 3. The predicted molar refractivity (Wildman–Crippen MR) is 203 cm³/mol. The number of carbonyl (C=O) groups is 2. The molecule has 0 unspecified atom stereocenters. The Balaban J connectivity index is 0.936. The van der Waals surface area contributed by atoms with Gasteiger partial charge in [0.2, 0.25) is 0 Å². The number of piperidine rings is 2. The highest BCUT2D eigenvalue weighted by Gasteiger charge is 2.39. The molecule has 0 bridgehead atoms. The molecule has 0 saturated carbocycles. The van der Waals surface area contributed by atoms with E-state index in [0.29, 0.717) is 85.4 Å². The molecule has 57 heavy (non-hydrogen) atoms. The topological polar surface area (TPSA) is 176 Å². The summed E-state index contributed by atoms with van der Waals surface area (Å²) in [5, 5.41) is 3.13. The number of imidazole rings is 2. The zero-order chi connectivity index (χ0) is 39.2. The van der Waals surface area contributed by atoms with Gasteiger partial charge in [0.15, 0.2) is 22.9 Å². The molecule has 0 radical (unpaired) electrons. The fraction of sp³-hybridized carbons (Fsp3) is 0.375. The first kappa shape index (κ1) is 36.3. The van der Waals surface area contributed by atoms with Crippen LogP contribution in [0.25, 0.3) is 22.3 Å². The number of likely N-dealkylation sites (tertiary alicyclic amines) is 2.